The Hall–Kier alpha value is -1.14. The summed E-state index contributed by atoms with van der Waals surface area (Å²) < 4.78 is 10.8. The van der Waals surface area contributed by atoms with Crippen LogP contribution in [0.2, 0.25) is 0 Å². The van der Waals surface area contributed by atoms with E-state index in [1.807, 2.05) is 0 Å². The van der Waals surface area contributed by atoms with Gasteiger partial charge in [-0.15, -0.1) is 0 Å². The number of carboxylic acids is 1. The van der Waals surface area contributed by atoms with Crippen LogP contribution in [0, 0.1) is 0 Å². The summed E-state index contributed by atoms with van der Waals surface area (Å²) >= 11 is 0. The molecule has 108 valence electrons. The summed E-state index contributed by atoms with van der Waals surface area (Å²) in [6.07, 6.45) is 4.00. The molecule has 0 atom stereocenters. The highest BCUT2D eigenvalue weighted by molar-refractivity contribution is 5.87. The summed E-state index contributed by atoms with van der Waals surface area (Å²) in [6, 6.07) is 0. The quantitative estimate of drug-likeness (QED) is 0.742. The van der Waals surface area contributed by atoms with Gasteiger partial charge in [-0.05, 0) is 32.1 Å². The molecule has 0 aromatic rings. The molecule has 1 amide bonds. The topological polar surface area (TPSA) is 84.9 Å². The summed E-state index contributed by atoms with van der Waals surface area (Å²) in [4.78, 5) is 22.8. The minimum Gasteiger partial charge on any atom is -0.480 e. The number of amides is 1. The van der Waals surface area contributed by atoms with Crippen molar-refractivity contribution >= 4 is 11.9 Å². The highest BCUT2D eigenvalue weighted by Gasteiger charge is 2.45. The molecule has 1 aliphatic carbocycles. The lowest BCUT2D eigenvalue weighted by Gasteiger charge is -2.38. The van der Waals surface area contributed by atoms with E-state index in [-0.39, 0.29) is 18.4 Å². The van der Waals surface area contributed by atoms with Gasteiger partial charge in [-0.1, -0.05) is 0 Å². The van der Waals surface area contributed by atoms with Gasteiger partial charge in [-0.25, -0.2) is 4.79 Å². The van der Waals surface area contributed by atoms with Crippen molar-refractivity contribution in [1.29, 1.82) is 0 Å². The van der Waals surface area contributed by atoms with Gasteiger partial charge >= 0.3 is 5.97 Å². The highest BCUT2D eigenvalue weighted by Crippen LogP contribution is 2.32. The Morgan fingerprint density at radius 2 is 2.00 bits per heavy atom. The van der Waals surface area contributed by atoms with Crippen molar-refractivity contribution in [1.82, 2.24) is 5.32 Å². The molecule has 0 unspecified atom stereocenters. The number of ether oxygens (including phenoxy) is 2. The van der Waals surface area contributed by atoms with E-state index >= 15 is 0 Å². The maximum Gasteiger partial charge on any atom is 0.329 e. The van der Waals surface area contributed by atoms with E-state index in [2.05, 4.69) is 5.32 Å². The average Bonchev–Trinajstić information content (AvgIpc) is 2.34. The van der Waals surface area contributed by atoms with Gasteiger partial charge in [0.15, 0.2) is 0 Å². The molecule has 1 heterocycles. The first-order valence-electron chi connectivity index (χ1n) is 6.86. The van der Waals surface area contributed by atoms with Crippen molar-refractivity contribution in [2.24, 2.45) is 0 Å². The van der Waals surface area contributed by atoms with Gasteiger partial charge in [-0.3, -0.25) is 4.79 Å². The molecule has 0 bridgehead atoms. The molecular formula is C13H21NO5. The number of hydrogen-bond acceptors (Lipinski definition) is 4. The number of carbonyl (C=O) groups is 2. The van der Waals surface area contributed by atoms with Crippen molar-refractivity contribution in [3.05, 3.63) is 0 Å². The third kappa shape index (κ3) is 3.67. The molecular weight excluding hydrogens is 250 g/mol. The third-order valence-electron chi connectivity index (χ3n) is 3.85. The first-order chi connectivity index (χ1) is 9.12. The Kier molecular flexibility index (Phi) is 4.76. The van der Waals surface area contributed by atoms with Crippen LogP contribution >= 0.6 is 0 Å². The molecule has 0 aromatic carbocycles. The smallest absolute Gasteiger partial charge is 0.329 e. The van der Waals surface area contributed by atoms with Crippen LogP contribution < -0.4 is 5.32 Å². The largest absolute Gasteiger partial charge is 0.480 e. The van der Waals surface area contributed by atoms with Gasteiger partial charge in [0, 0.05) is 19.6 Å². The van der Waals surface area contributed by atoms with E-state index in [1.165, 1.54) is 0 Å². The fourth-order valence-corrected chi connectivity index (χ4v) is 2.41. The van der Waals surface area contributed by atoms with E-state index in [4.69, 9.17) is 14.6 Å². The van der Waals surface area contributed by atoms with Gasteiger partial charge in [0.25, 0.3) is 0 Å². The van der Waals surface area contributed by atoms with Crippen LogP contribution in [0.1, 0.15) is 38.5 Å². The molecule has 1 saturated carbocycles. The summed E-state index contributed by atoms with van der Waals surface area (Å²) in [6.45, 7) is 1.75. The Morgan fingerprint density at radius 1 is 1.32 bits per heavy atom. The number of nitrogens with one attached hydrogen (secondary N) is 1. The molecule has 19 heavy (non-hydrogen) atoms. The summed E-state index contributed by atoms with van der Waals surface area (Å²) in [5.41, 5.74) is -1.02. The van der Waals surface area contributed by atoms with Crippen LogP contribution in [0.4, 0.5) is 0 Å². The van der Waals surface area contributed by atoms with Gasteiger partial charge in [0.05, 0.1) is 12.7 Å². The second-order valence-corrected chi connectivity index (χ2v) is 5.22. The van der Waals surface area contributed by atoms with Crippen molar-refractivity contribution < 1.29 is 24.2 Å². The van der Waals surface area contributed by atoms with Gasteiger partial charge < -0.3 is 19.9 Å². The number of aliphatic carboxylic acids is 1. The number of rotatable bonds is 6. The average molecular weight is 271 g/mol. The van der Waals surface area contributed by atoms with Gasteiger partial charge in [0.2, 0.25) is 5.91 Å². The standard InChI is InChI=1S/C13H21NO5/c15-11(14-13(12(16)17)5-1-6-13)4-9-19-10-2-7-18-8-3-10/h10H,1-9H2,(H,14,15)(H,16,17). The van der Waals surface area contributed by atoms with Crippen LogP contribution in [-0.4, -0.2) is 48.4 Å². The lowest BCUT2D eigenvalue weighted by molar-refractivity contribution is -0.152. The fraction of sp³-hybridized carbons (Fsp3) is 0.846. The SMILES string of the molecule is O=C(CCOC1CCOCC1)NC1(C(=O)O)CCC1. The van der Waals surface area contributed by atoms with Gasteiger partial charge in [-0.2, -0.15) is 0 Å². The molecule has 1 saturated heterocycles. The Balaban J connectivity index is 1.65. The molecule has 1 aliphatic heterocycles. The molecule has 2 N–H and O–H groups in total. The highest BCUT2D eigenvalue weighted by atomic mass is 16.5. The molecule has 2 aliphatic rings. The van der Waals surface area contributed by atoms with Crippen molar-refractivity contribution in [3.8, 4) is 0 Å². The second-order valence-electron chi connectivity index (χ2n) is 5.22. The van der Waals surface area contributed by atoms with E-state index in [9.17, 15) is 9.59 Å². The summed E-state index contributed by atoms with van der Waals surface area (Å²) in [5, 5.41) is 11.7. The molecule has 0 aromatic heterocycles. The summed E-state index contributed by atoms with van der Waals surface area (Å²) in [5.74, 6) is -1.17. The number of carboxylic acid groups (broad SMARTS) is 1. The van der Waals surface area contributed by atoms with E-state index in [0.29, 0.717) is 32.7 Å². The minimum absolute atomic E-state index is 0.165. The number of hydrogen-bond donors (Lipinski definition) is 2. The Morgan fingerprint density at radius 3 is 2.53 bits per heavy atom. The molecule has 6 nitrogen and oxygen atoms in total. The van der Waals surface area contributed by atoms with Crippen LogP contribution in [0.15, 0.2) is 0 Å². The molecule has 2 fully saturated rings. The Labute approximate surface area is 112 Å². The molecule has 6 heteroatoms. The minimum atomic E-state index is -1.02. The van der Waals surface area contributed by atoms with Crippen LogP contribution in [-0.2, 0) is 19.1 Å². The Bertz CT molecular complexity index is 334. The van der Waals surface area contributed by atoms with Crippen LogP contribution in [0.25, 0.3) is 0 Å². The number of carbonyl (C=O) groups excluding carboxylic acids is 1. The molecule has 0 spiro atoms. The zero-order chi connectivity index (χ0) is 13.7. The van der Waals surface area contributed by atoms with E-state index < -0.39 is 11.5 Å². The monoisotopic (exact) mass is 271 g/mol. The van der Waals surface area contributed by atoms with Crippen LogP contribution in [0.5, 0.6) is 0 Å². The molecule has 0 radical (unpaired) electrons. The van der Waals surface area contributed by atoms with E-state index in [0.717, 1.165) is 19.3 Å². The van der Waals surface area contributed by atoms with Crippen molar-refractivity contribution in [2.45, 2.75) is 50.2 Å². The fourth-order valence-electron chi connectivity index (χ4n) is 2.41. The normalized spacial score (nSPS) is 22.5. The zero-order valence-corrected chi connectivity index (χ0v) is 11.0. The summed E-state index contributed by atoms with van der Waals surface area (Å²) in [7, 11) is 0. The predicted molar refractivity (Wildman–Crippen MR) is 66.8 cm³/mol. The third-order valence-corrected chi connectivity index (χ3v) is 3.85. The zero-order valence-electron chi connectivity index (χ0n) is 11.0. The maximum atomic E-state index is 11.7. The second kappa shape index (κ2) is 6.34. The lowest BCUT2D eigenvalue weighted by Crippen LogP contribution is -2.59. The first kappa shape index (κ1) is 14.3. The predicted octanol–water partition coefficient (Wildman–Crippen LogP) is 0.696. The van der Waals surface area contributed by atoms with Crippen LogP contribution in [0.3, 0.4) is 0 Å². The first-order valence-corrected chi connectivity index (χ1v) is 6.86. The lowest BCUT2D eigenvalue weighted by atomic mass is 9.76. The van der Waals surface area contributed by atoms with E-state index in [1.54, 1.807) is 0 Å². The van der Waals surface area contributed by atoms with Crippen molar-refractivity contribution in [3.63, 3.8) is 0 Å². The maximum absolute atomic E-state index is 11.7. The van der Waals surface area contributed by atoms with Gasteiger partial charge in [0.1, 0.15) is 5.54 Å². The molecule has 2 rings (SSSR count). The van der Waals surface area contributed by atoms with Crippen molar-refractivity contribution in [2.75, 3.05) is 19.8 Å².